The molecule has 0 radical (unpaired) electrons. The van der Waals surface area contributed by atoms with Crippen molar-refractivity contribution in [1.29, 1.82) is 0 Å². The molecule has 0 aliphatic carbocycles. The number of amides is 2. The highest BCUT2D eigenvalue weighted by Crippen LogP contribution is 2.31. The Hall–Kier alpha value is -3.06. The number of ether oxygens (including phenoxy) is 2. The van der Waals surface area contributed by atoms with Gasteiger partial charge < -0.3 is 19.7 Å². The van der Waals surface area contributed by atoms with E-state index >= 15 is 0 Å². The van der Waals surface area contributed by atoms with Crippen LogP contribution in [0.1, 0.15) is 32.9 Å². The minimum Gasteiger partial charge on any atom is -0.493 e. The highest BCUT2D eigenvalue weighted by atomic mass is 32.1. The first kappa shape index (κ1) is 19.3. The van der Waals surface area contributed by atoms with Gasteiger partial charge in [0.05, 0.1) is 19.1 Å². The second kappa shape index (κ2) is 8.13. The second-order valence-electron chi connectivity index (χ2n) is 6.89. The number of fused-ring (bicyclic) bond motifs is 1. The van der Waals surface area contributed by atoms with Crippen LogP contribution in [-0.2, 0) is 0 Å². The van der Waals surface area contributed by atoms with E-state index in [2.05, 4.69) is 5.32 Å². The summed E-state index contributed by atoms with van der Waals surface area (Å²) in [6.07, 6.45) is 2.14. The van der Waals surface area contributed by atoms with Crippen molar-refractivity contribution in [2.75, 3.05) is 32.6 Å². The number of nitrogens with one attached hydrogen (secondary N) is 1. The van der Waals surface area contributed by atoms with Crippen molar-refractivity contribution in [3.63, 3.8) is 0 Å². The van der Waals surface area contributed by atoms with Crippen molar-refractivity contribution >= 4 is 38.9 Å². The lowest BCUT2D eigenvalue weighted by Crippen LogP contribution is -2.26. The van der Waals surface area contributed by atoms with Gasteiger partial charge in [-0.2, -0.15) is 0 Å². The van der Waals surface area contributed by atoms with Crippen molar-refractivity contribution in [3.05, 3.63) is 52.9 Å². The largest absolute Gasteiger partial charge is 0.493 e. The number of hydrogen-bond donors (Lipinski definition) is 1. The van der Waals surface area contributed by atoms with E-state index in [1.54, 1.807) is 25.3 Å². The van der Waals surface area contributed by atoms with Crippen LogP contribution in [0.2, 0.25) is 0 Å². The van der Waals surface area contributed by atoms with E-state index in [-0.39, 0.29) is 11.8 Å². The van der Waals surface area contributed by atoms with E-state index in [9.17, 15) is 9.59 Å². The molecule has 0 saturated carbocycles. The Bertz CT molecular complexity index is 1070. The first-order valence-corrected chi connectivity index (χ1v) is 10.3. The van der Waals surface area contributed by atoms with Crippen molar-refractivity contribution in [3.8, 4) is 11.5 Å². The van der Waals surface area contributed by atoms with Crippen LogP contribution in [0.5, 0.6) is 11.5 Å². The highest BCUT2D eigenvalue weighted by molar-refractivity contribution is 7.20. The van der Waals surface area contributed by atoms with Crippen LogP contribution in [0, 0.1) is 0 Å². The summed E-state index contributed by atoms with van der Waals surface area (Å²) in [4.78, 5) is 27.9. The zero-order valence-electron chi connectivity index (χ0n) is 16.4. The summed E-state index contributed by atoms with van der Waals surface area (Å²) < 4.78 is 11.5. The molecular formula is C22H22N2O4S. The Kier molecular flexibility index (Phi) is 5.40. The third-order valence-electron chi connectivity index (χ3n) is 5.02. The molecule has 1 fully saturated rings. The van der Waals surface area contributed by atoms with E-state index in [0.29, 0.717) is 22.7 Å². The first-order valence-electron chi connectivity index (χ1n) is 9.45. The normalized spacial score (nSPS) is 13.5. The Morgan fingerprint density at radius 3 is 2.45 bits per heavy atom. The minimum atomic E-state index is -0.242. The van der Waals surface area contributed by atoms with Crippen molar-refractivity contribution in [2.45, 2.75) is 12.8 Å². The van der Waals surface area contributed by atoms with Crippen molar-refractivity contribution < 1.29 is 19.1 Å². The molecule has 0 bridgehead atoms. The zero-order valence-corrected chi connectivity index (χ0v) is 17.2. The van der Waals surface area contributed by atoms with Gasteiger partial charge in [-0.25, -0.2) is 0 Å². The maximum absolute atomic E-state index is 12.6. The lowest BCUT2D eigenvalue weighted by molar-refractivity contribution is 0.0797. The molecule has 2 heterocycles. The van der Waals surface area contributed by atoms with Gasteiger partial charge in [0.25, 0.3) is 11.8 Å². The molecule has 0 spiro atoms. The molecule has 1 aromatic heterocycles. The monoisotopic (exact) mass is 410 g/mol. The van der Waals surface area contributed by atoms with Gasteiger partial charge in [-0.05, 0) is 60.7 Å². The van der Waals surface area contributed by atoms with Gasteiger partial charge in [-0.1, -0.05) is 0 Å². The molecule has 4 rings (SSSR count). The predicted octanol–water partition coefficient (Wildman–Crippen LogP) is 4.41. The molecule has 150 valence electrons. The summed E-state index contributed by atoms with van der Waals surface area (Å²) >= 11 is 1.49. The van der Waals surface area contributed by atoms with Crippen LogP contribution < -0.4 is 14.8 Å². The van der Waals surface area contributed by atoms with Gasteiger partial charge in [0.15, 0.2) is 11.5 Å². The number of likely N-dealkylation sites (tertiary alicyclic amines) is 1. The van der Waals surface area contributed by atoms with Crippen LogP contribution in [-0.4, -0.2) is 44.0 Å². The topological polar surface area (TPSA) is 67.9 Å². The van der Waals surface area contributed by atoms with Gasteiger partial charge in [0, 0.05) is 29.0 Å². The summed E-state index contributed by atoms with van der Waals surface area (Å²) in [6, 6.07) is 12.6. The standard InChI is InChI=1S/C22H22N2O4S/c1-27-17-7-5-14(12-18(17)28-2)21(25)23-16-6-8-19-15(11-16)13-20(29-19)22(26)24-9-3-4-10-24/h5-8,11-13H,3-4,9-10H2,1-2H3,(H,23,25). The van der Waals surface area contributed by atoms with Crippen LogP contribution in [0.25, 0.3) is 10.1 Å². The quantitative estimate of drug-likeness (QED) is 0.677. The molecule has 1 aliphatic rings. The van der Waals surface area contributed by atoms with Crippen LogP contribution in [0.15, 0.2) is 42.5 Å². The van der Waals surface area contributed by atoms with Crippen LogP contribution in [0.3, 0.4) is 0 Å². The fourth-order valence-electron chi connectivity index (χ4n) is 3.48. The summed E-state index contributed by atoms with van der Waals surface area (Å²) in [7, 11) is 3.08. The molecule has 29 heavy (non-hydrogen) atoms. The summed E-state index contributed by atoms with van der Waals surface area (Å²) in [5, 5.41) is 3.85. The van der Waals surface area contributed by atoms with Gasteiger partial charge in [-0.15, -0.1) is 11.3 Å². The number of carbonyl (C=O) groups is 2. The van der Waals surface area contributed by atoms with E-state index in [1.807, 2.05) is 29.2 Å². The molecule has 2 aromatic carbocycles. The van der Waals surface area contributed by atoms with Gasteiger partial charge in [0.2, 0.25) is 0 Å². The van der Waals surface area contributed by atoms with Crippen LogP contribution >= 0.6 is 11.3 Å². The number of hydrogen-bond acceptors (Lipinski definition) is 5. The van der Waals surface area contributed by atoms with Crippen molar-refractivity contribution in [2.24, 2.45) is 0 Å². The third-order valence-corrected chi connectivity index (χ3v) is 6.13. The summed E-state index contributed by atoms with van der Waals surface area (Å²) in [6.45, 7) is 1.67. The van der Waals surface area contributed by atoms with Crippen LogP contribution in [0.4, 0.5) is 5.69 Å². The second-order valence-corrected chi connectivity index (χ2v) is 7.97. The molecule has 1 saturated heterocycles. The highest BCUT2D eigenvalue weighted by Gasteiger charge is 2.21. The Morgan fingerprint density at radius 1 is 0.966 bits per heavy atom. The molecule has 1 aliphatic heterocycles. The maximum Gasteiger partial charge on any atom is 0.263 e. The average Bonchev–Trinajstić information content (AvgIpc) is 3.42. The predicted molar refractivity (Wildman–Crippen MR) is 114 cm³/mol. The Morgan fingerprint density at radius 2 is 1.72 bits per heavy atom. The van der Waals surface area contributed by atoms with E-state index in [4.69, 9.17) is 9.47 Å². The molecule has 7 heteroatoms. The number of benzene rings is 2. The van der Waals surface area contributed by atoms with Gasteiger partial charge >= 0.3 is 0 Å². The number of nitrogens with zero attached hydrogens (tertiary/aromatic N) is 1. The van der Waals surface area contributed by atoms with E-state index < -0.39 is 0 Å². The molecule has 1 N–H and O–H groups in total. The van der Waals surface area contributed by atoms with E-state index in [0.717, 1.165) is 40.9 Å². The fraction of sp³-hybridized carbons (Fsp3) is 0.273. The Labute approximate surface area is 173 Å². The van der Waals surface area contributed by atoms with Gasteiger partial charge in [-0.3, -0.25) is 9.59 Å². The number of methoxy groups -OCH3 is 2. The minimum absolute atomic E-state index is 0.0969. The first-order chi connectivity index (χ1) is 14.1. The zero-order chi connectivity index (χ0) is 20.4. The fourth-order valence-corrected chi connectivity index (χ4v) is 4.49. The lowest BCUT2D eigenvalue weighted by atomic mass is 10.1. The SMILES string of the molecule is COc1ccc(C(=O)Nc2ccc3sc(C(=O)N4CCCC4)cc3c2)cc1OC. The van der Waals surface area contributed by atoms with E-state index in [1.165, 1.54) is 18.4 Å². The molecular weight excluding hydrogens is 388 g/mol. The third kappa shape index (κ3) is 3.91. The number of carbonyl (C=O) groups excluding carboxylic acids is 2. The molecule has 0 atom stereocenters. The Balaban J connectivity index is 1.53. The summed E-state index contributed by atoms with van der Waals surface area (Å²) in [5.41, 5.74) is 1.15. The summed E-state index contributed by atoms with van der Waals surface area (Å²) in [5.74, 6) is 0.922. The number of anilines is 1. The molecule has 0 unspecified atom stereocenters. The lowest BCUT2D eigenvalue weighted by Gasteiger charge is -2.13. The molecule has 6 nitrogen and oxygen atoms in total. The van der Waals surface area contributed by atoms with Gasteiger partial charge in [0.1, 0.15) is 0 Å². The smallest absolute Gasteiger partial charge is 0.263 e. The molecule has 3 aromatic rings. The maximum atomic E-state index is 12.6. The average molecular weight is 410 g/mol. The number of thiophene rings is 1. The number of rotatable bonds is 5. The van der Waals surface area contributed by atoms with Crippen molar-refractivity contribution in [1.82, 2.24) is 4.90 Å². The molecule has 2 amide bonds.